The van der Waals surface area contributed by atoms with E-state index < -0.39 is 0 Å². The Morgan fingerprint density at radius 2 is 2.10 bits per heavy atom. The number of rotatable bonds is 9. The molecule has 0 amide bonds. The molecule has 0 atom stereocenters. The van der Waals surface area contributed by atoms with Gasteiger partial charge in [0.2, 0.25) is 0 Å². The fourth-order valence-electron chi connectivity index (χ4n) is 1.90. The van der Waals surface area contributed by atoms with Crippen LogP contribution in [-0.4, -0.2) is 31.8 Å². The van der Waals surface area contributed by atoms with Crippen molar-refractivity contribution in [2.75, 3.05) is 26.8 Å². The van der Waals surface area contributed by atoms with Gasteiger partial charge in [-0.15, -0.1) is 0 Å². The second kappa shape index (κ2) is 7.87. The van der Waals surface area contributed by atoms with E-state index in [0.29, 0.717) is 5.76 Å². The fraction of sp³-hybridized carbons (Fsp3) is 0.533. The van der Waals surface area contributed by atoms with E-state index in [4.69, 9.17) is 13.6 Å². The van der Waals surface area contributed by atoms with Crippen LogP contribution in [0.4, 0.5) is 0 Å². The number of nitrogens with one attached hydrogen (secondary N) is 1. The van der Waals surface area contributed by atoms with Crippen molar-refractivity contribution in [1.29, 1.82) is 0 Å². The molecule has 0 aliphatic heterocycles. The van der Waals surface area contributed by atoms with Crippen LogP contribution in [-0.2, 0) is 17.6 Å². The maximum Gasteiger partial charge on any atom is 0.195 e. The zero-order valence-electron chi connectivity index (χ0n) is 12.1. The summed E-state index contributed by atoms with van der Waals surface area (Å²) in [5.74, 6) is 3.16. The van der Waals surface area contributed by atoms with Crippen LogP contribution in [0.2, 0.25) is 0 Å². The SMILES string of the molecule is CCc1ccc(-c2cnc(CCCNCCOC)o2)o1. The van der Waals surface area contributed by atoms with Crippen molar-refractivity contribution in [2.45, 2.75) is 26.2 Å². The van der Waals surface area contributed by atoms with E-state index in [2.05, 4.69) is 17.2 Å². The van der Waals surface area contributed by atoms with Crippen LogP contribution in [0, 0.1) is 0 Å². The van der Waals surface area contributed by atoms with E-state index in [1.54, 1.807) is 13.3 Å². The molecular weight excluding hydrogens is 256 g/mol. The summed E-state index contributed by atoms with van der Waals surface area (Å²) < 4.78 is 16.3. The van der Waals surface area contributed by atoms with Crippen LogP contribution in [0.25, 0.3) is 11.5 Å². The van der Waals surface area contributed by atoms with Gasteiger partial charge >= 0.3 is 0 Å². The Bertz CT molecular complexity index is 505. The number of nitrogens with zero attached hydrogens (tertiary/aromatic N) is 1. The first kappa shape index (κ1) is 14.8. The largest absolute Gasteiger partial charge is 0.458 e. The van der Waals surface area contributed by atoms with E-state index in [0.717, 1.165) is 56.4 Å². The first-order valence-electron chi connectivity index (χ1n) is 7.07. The highest BCUT2D eigenvalue weighted by Crippen LogP contribution is 2.23. The lowest BCUT2D eigenvalue weighted by atomic mass is 10.3. The standard InChI is InChI=1S/C15H22N2O3/c1-3-12-6-7-13(19-12)14-11-17-15(20-14)5-4-8-16-9-10-18-2/h6-7,11,16H,3-5,8-10H2,1-2H3. The van der Waals surface area contributed by atoms with Crippen LogP contribution in [0.1, 0.15) is 25.0 Å². The van der Waals surface area contributed by atoms with Crippen molar-refractivity contribution < 1.29 is 13.6 Å². The molecular formula is C15H22N2O3. The molecule has 0 aliphatic rings. The van der Waals surface area contributed by atoms with Gasteiger partial charge in [-0.25, -0.2) is 4.98 Å². The van der Waals surface area contributed by atoms with Gasteiger partial charge in [0, 0.05) is 26.5 Å². The number of oxazole rings is 1. The Labute approximate surface area is 119 Å². The third-order valence-electron chi connectivity index (χ3n) is 3.03. The molecule has 5 nitrogen and oxygen atoms in total. The van der Waals surface area contributed by atoms with Crippen molar-refractivity contribution in [3.8, 4) is 11.5 Å². The highest BCUT2D eigenvalue weighted by atomic mass is 16.5. The van der Waals surface area contributed by atoms with Crippen LogP contribution < -0.4 is 5.32 Å². The summed E-state index contributed by atoms with van der Waals surface area (Å²) in [6.07, 6.45) is 4.42. The van der Waals surface area contributed by atoms with Crippen molar-refractivity contribution in [3.63, 3.8) is 0 Å². The number of hydrogen-bond donors (Lipinski definition) is 1. The quantitative estimate of drug-likeness (QED) is 0.715. The molecule has 2 aromatic rings. The summed E-state index contributed by atoms with van der Waals surface area (Å²) in [5.41, 5.74) is 0. The summed E-state index contributed by atoms with van der Waals surface area (Å²) >= 11 is 0. The third kappa shape index (κ3) is 4.21. The minimum Gasteiger partial charge on any atom is -0.458 e. The van der Waals surface area contributed by atoms with E-state index >= 15 is 0 Å². The van der Waals surface area contributed by atoms with Gasteiger partial charge in [-0.05, 0) is 25.1 Å². The molecule has 2 aromatic heterocycles. The second-order valence-electron chi connectivity index (χ2n) is 4.58. The molecule has 0 radical (unpaired) electrons. The average molecular weight is 278 g/mol. The topological polar surface area (TPSA) is 60.4 Å². The predicted molar refractivity (Wildman–Crippen MR) is 76.6 cm³/mol. The number of aromatic nitrogens is 1. The molecule has 0 aliphatic carbocycles. The molecule has 110 valence electrons. The monoisotopic (exact) mass is 278 g/mol. The molecule has 20 heavy (non-hydrogen) atoms. The number of methoxy groups -OCH3 is 1. The average Bonchev–Trinajstić information content (AvgIpc) is 3.11. The minimum atomic E-state index is 0.701. The van der Waals surface area contributed by atoms with E-state index in [1.165, 1.54) is 0 Å². The van der Waals surface area contributed by atoms with Crippen molar-refractivity contribution in [1.82, 2.24) is 10.3 Å². The molecule has 0 saturated heterocycles. The number of furan rings is 1. The maximum absolute atomic E-state index is 5.70. The molecule has 0 spiro atoms. The first-order valence-corrected chi connectivity index (χ1v) is 7.07. The van der Waals surface area contributed by atoms with E-state index in [1.807, 2.05) is 12.1 Å². The summed E-state index contributed by atoms with van der Waals surface area (Å²) in [5, 5.41) is 3.29. The Morgan fingerprint density at radius 1 is 1.20 bits per heavy atom. The van der Waals surface area contributed by atoms with Crippen LogP contribution in [0.3, 0.4) is 0 Å². The van der Waals surface area contributed by atoms with Crippen LogP contribution >= 0.6 is 0 Å². The van der Waals surface area contributed by atoms with Gasteiger partial charge in [-0.2, -0.15) is 0 Å². The summed E-state index contributed by atoms with van der Waals surface area (Å²) in [6, 6.07) is 3.90. The molecule has 0 unspecified atom stereocenters. The fourth-order valence-corrected chi connectivity index (χ4v) is 1.90. The third-order valence-corrected chi connectivity index (χ3v) is 3.03. The van der Waals surface area contributed by atoms with Gasteiger partial charge in [-0.3, -0.25) is 0 Å². The molecule has 0 aromatic carbocycles. The normalized spacial score (nSPS) is 11.1. The maximum atomic E-state index is 5.70. The van der Waals surface area contributed by atoms with Gasteiger partial charge in [0.05, 0.1) is 12.8 Å². The second-order valence-corrected chi connectivity index (χ2v) is 4.58. The summed E-state index contributed by atoms with van der Waals surface area (Å²) in [6.45, 7) is 4.60. The van der Waals surface area contributed by atoms with E-state index in [-0.39, 0.29) is 0 Å². The zero-order valence-corrected chi connectivity index (χ0v) is 12.1. The lowest BCUT2D eigenvalue weighted by Crippen LogP contribution is -2.20. The molecule has 1 N–H and O–H groups in total. The Kier molecular flexibility index (Phi) is 5.83. The number of ether oxygens (including phenoxy) is 1. The molecule has 2 heterocycles. The lowest BCUT2D eigenvalue weighted by molar-refractivity contribution is 0.199. The van der Waals surface area contributed by atoms with Gasteiger partial charge in [-0.1, -0.05) is 6.92 Å². The first-order chi connectivity index (χ1) is 9.83. The number of hydrogen-bond acceptors (Lipinski definition) is 5. The van der Waals surface area contributed by atoms with Crippen LogP contribution in [0.5, 0.6) is 0 Å². The van der Waals surface area contributed by atoms with Gasteiger partial charge in [0.25, 0.3) is 0 Å². The van der Waals surface area contributed by atoms with Crippen LogP contribution in [0.15, 0.2) is 27.2 Å². The predicted octanol–water partition coefficient (Wildman–Crippen LogP) is 2.67. The smallest absolute Gasteiger partial charge is 0.195 e. The summed E-state index contributed by atoms with van der Waals surface area (Å²) in [4.78, 5) is 4.28. The Morgan fingerprint density at radius 3 is 2.85 bits per heavy atom. The van der Waals surface area contributed by atoms with Crippen molar-refractivity contribution >= 4 is 0 Å². The highest BCUT2D eigenvalue weighted by molar-refractivity contribution is 5.48. The molecule has 2 rings (SSSR count). The number of aryl methyl sites for hydroxylation is 2. The molecule has 0 fully saturated rings. The minimum absolute atomic E-state index is 0.701. The van der Waals surface area contributed by atoms with Gasteiger partial charge in [0.1, 0.15) is 5.76 Å². The van der Waals surface area contributed by atoms with Gasteiger partial charge in [0.15, 0.2) is 17.4 Å². The summed E-state index contributed by atoms with van der Waals surface area (Å²) in [7, 11) is 1.70. The Balaban J connectivity index is 1.77. The highest BCUT2D eigenvalue weighted by Gasteiger charge is 2.10. The molecule has 5 heteroatoms. The Hall–Kier alpha value is -1.59. The van der Waals surface area contributed by atoms with E-state index in [9.17, 15) is 0 Å². The van der Waals surface area contributed by atoms with Gasteiger partial charge < -0.3 is 18.9 Å². The molecule has 0 saturated carbocycles. The molecule has 0 bridgehead atoms. The zero-order chi connectivity index (χ0) is 14.2. The van der Waals surface area contributed by atoms with Crippen molar-refractivity contribution in [2.24, 2.45) is 0 Å². The van der Waals surface area contributed by atoms with Crippen molar-refractivity contribution in [3.05, 3.63) is 30.0 Å². The lowest BCUT2D eigenvalue weighted by Gasteiger charge is -2.01.